The monoisotopic (exact) mass is 268 g/mol. The molecule has 0 aliphatic heterocycles. The lowest BCUT2D eigenvalue weighted by Crippen LogP contribution is -2.36. The van der Waals surface area contributed by atoms with E-state index in [4.69, 9.17) is 16.2 Å². The molecule has 0 saturated heterocycles. The van der Waals surface area contributed by atoms with Gasteiger partial charge < -0.3 is 21.5 Å². The standard InChI is InChI=1S/C11H20N6O2/c1-6(2)19-10-15-8(13)14-9(16-10)17-11(3,4)5-7(12)18/h6H,5H2,1-4H3,(H2,12,18)(H3,13,14,15,16,17). The number of rotatable bonds is 6. The van der Waals surface area contributed by atoms with Gasteiger partial charge in [0, 0.05) is 12.0 Å². The molecule has 0 atom stereocenters. The maximum atomic E-state index is 11.0. The van der Waals surface area contributed by atoms with Crippen LogP contribution in [-0.2, 0) is 4.79 Å². The van der Waals surface area contributed by atoms with Crippen LogP contribution in [-0.4, -0.2) is 32.5 Å². The van der Waals surface area contributed by atoms with E-state index in [1.165, 1.54) is 0 Å². The third-order valence-electron chi connectivity index (χ3n) is 2.04. The number of aromatic nitrogens is 3. The minimum Gasteiger partial charge on any atom is -0.461 e. The highest BCUT2D eigenvalue weighted by Crippen LogP contribution is 2.17. The Morgan fingerprint density at radius 1 is 1.37 bits per heavy atom. The molecule has 5 N–H and O–H groups in total. The maximum absolute atomic E-state index is 11.0. The van der Waals surface area contributed by atoms with Crippen molar-refractivity contribution < 1.29 is 9.53 Å². The van der Waals surface area contributed by atoms with Crippen molar-refractivity contribution in [3.05, 3.63) is 0 Å². The minimum atomic E-state index is -0.589. The van der Waals surface area contributed by atoms with Crippen LogP contribution < -0.4 is 21.5 Å². The summed E-state index contributed by atoms with van der Waals surface area (Å²) in [5, 5.41) is 2.98. The van der Waals surface area contributed by atoms with E-state index in [2.05, 4.69) is 20.3 Å². The predicted octanol–water partition coefficient (Wildman–Crippen LogP) is 0.307. The molecule has 106 valence electrons. The molecular weight excluding hydrogens is 248 g/mol. The molecule has 0 saturated carbocycles. The number of nitrogens with two attached hydrogens (primary N) is 2. The van der Waals surface area contributed by atoms with Crippen LogP contribution in [0.15, 0.2) is 0 Å². The number of nitrogen functional groups attached to an aromatic ring is 1. The normalized spacial score (nSPS) is 11.4. The van der Waals surface area contributed by atoms with Crippen molar-refractivity contribution in [2.24, 2.45) is 5.73 Å². The summed E-state index contributed by atoms with van der Waals surface area (Å²) in [5.41, 5.74) is 10.2. The van der Waals surface area contributed by atoms with Gasteiger partial charge in [-0.15, -0.1) is 0 Å². The van der Waals surface area contributed by atoms with Gasteiger partial charge in [0.15, 0.2) is 0 Å². The zero-order valence-electron chi connectivity index (χ0n) is 11.6. The van der Waals surface area contributed by atoms with Crippen molar-refractivity contribution in [1.29, 1.82) is 0 Å². The Kier molecular flexibility index (Phi) is 4.47. The Morgan fingerprint density at radius 2 is 2.00 bits per heavy atom. The van der Waals surface area contributed by atoms with Crippen molar-refractivity contribution >= 4 is 17.8 Å². The summed E-state index contributed by atoms with van der Waals surface area (Å²) >= 11 is 0. The molecule has 0 fully saturated rings. The number of hydrogen-bond donors (Lipinski definition) is 3. The summed E-state index contributed by atoms with van der Waals surface area (Å²) < 4.78 is 5.36. The molecule has 1 heterocycles. The second-order valence-corrected chi connectivity index (χ2v) is 5.12. The highest BCUT2D eigenvalue weighted by Gasteiger charge is 2.22. The topological polar surface area (TPSA) is 129 Å². The number of primary amides is 1. The smallest absolute Gasteiger partial charge is 0.323 e. The van der Waals surface area contributed by atoms with Crippen LogP contribution in [0.25, 0.3) is 0 Å². The van der Waals surface area contributed by atoms with Gasteiger partial charge in [0.2, 0.25) is 17.8 Å². The van der Waals surface area contributed by atoms with Gasteiger partial charge in [-0.1, -0.05) is 0 Å². The van der Waals surface area contributed by atoms with E-state index in [1.54, 1.807) is 13.8 Å². The quantitative estimate of drug-likeness (QED) is 0.676. The molecule has 0 unspecified atom stereocenters. The first-order chi connectivity index (χ1) is 8.68. The fourth-order valence-electron chi connectivity index (χ4n) is 1.47. The first-order valence-electron chi connectivity index (χ1n) is 5.92. The van der Waals surface area contributed by atoms with Crippen molar-refractivity contribution in [1.82, 2.24) is 15.0 Å². The largest absolute Gasteiger partial charge is 0.461 e. The minimum absolute atomic E-state index is 0.0445. The van der Waals surface area contributed by atoms with Crippen LogP contribution in [0, 0.1) is 0 Å². The lowest BCUT2D eigenvalue weighted by molar-refractivity contribution is -0.118. The second-order valence-electron chi connectivity index (χ2n) is 5.12. The van der Waals surface area contributed by atoms with E-state index in [-0.39, 0.29) is 30.4 Å². The van der Waals surface area contributed by atoms with Gasteiger partial charge in [-0.3, -0.25) is 4.79 Å². The average molecular weight is 268 g/mol. The summed E-state index contributed by atoms with van der Waals surface area (Å²) in [6.45, 7) is 7.32. The first-order valence-corrected chi connectivity index (χ1v) is 5.92. The van der Waals surface area contributed by atoms with Gasteiger partial charge in [0.05, 0.1) is 6.10 Å². The summed E-state index contributed by atoms with van der Waals surface area (Å²) in [7, 11) is 0. The van der Waals surface area contributed by atoms with Crippen molar-refractivity contribution in [3.63, 3.8) is 0 Å². The number of hydrogen-bond acceptors (Lipinski definition) is 7. The second kappa shape index (κ2) is 5.68. The van der Waals surface area contributed by atoms with E-state index < -0.39 is 11.4 Å². The van der Waals surface area contributed by atoms with Crippen LogP contribution in [0.1, 0.15) is 34.1 Å². The Hall–Kier alpha value is -2.12. The van der Waals surface area contributed by atoms with Crippen LogP contribution in [0.3, 0.4) is 0 Å². The van der Waals surface area contributed by atoms with Crippen molar-refractivity contribution in [2.75, 3.05) is 11.1 Å². The number of ether oxygens (including phenoxy) is 1. The molecule has 0 aliphatic rings. The molecule has 1 aromatic heterocycles. The fraction of sp³-hybridized carbons (Fsp3) is 0.636. The predicted molar refractivity (Wildman–Crippen MR) is 71.5 cm³/mol. The molecule has 0 spiro atoms. The highest BCUT2D eigenvalue weighted by molar-refractivity contribution is 5.75. The Bertz CT molecular complexity index is 460. The van der Waals surface area contributed by atoms with Gasteiger partial charge in [-0.2, -0.15) is 15.0 Å². The molecule has 0 radical (unpaired) electrons. The van der Waals surface area contributed by atoms with Crippen LogP contribution in [0.2, 0.25) is 0 Å². The molecule has 8 nitrogen and oxygen atoms in total. The third-order valence-corrected chi connectivity index (χ3v) is 2.04. The van der Waals surface area contributed by atoms with Crippen LogP contribution >= 0.6 is 0 Å². The summed E-state index contributed by atoms with van der Waals surface area (Å²) in [5.74, 6) is -0.129. The Morgan fingerprint density at radius 3 is 2.53 bits per heavy atom. The molecule has 0 aromatic carbocycles. The Balaban J connectivity index is 2.88. The van der Waals surface area contributed by atoms with Gasteiger partial charge >= 0.3 is 6.01 Å². The van der Waals surface area contributed by atoms with Crippen LogP contribution in [0.5, 0.6) is 6.01 Å². The van der Waals surface area contributed by atoms with E-state index in [0.717, 1.165) is 0 Å². The molecule has 8 heteroatoms. The Labute approximate surface area is 112 Å². The maximum Gasteiger partial charge on any atom is 0.323 e. The molecule has 0 aliphatic carbocycles. The summed E-state index contributed by atoms with van der Waals surface area (Å²) in [6.07, 6.45) is 0.0622. The number of nitrogens with zero attached hydrogens (tertiary/aromatic N) is 3. The molecule has 1 amide bonds. The van der Waals surface area contributed by atoms with Crippen molar-refractivity contribution in [3.8, 4) is 6.01 Å². The third kappa shape index (κ3) is 5.36. The van der Waals surface area contributed by atoms with Crippen LogP contribution in [0.4, 0.5) is 11.9 Å². The SMILES string of the molecule is CC(C)Oc1nc(N)nc(NC(C)(C)CC(N)=O)n1. The molecule has 19 heavy (non-hydrogen) atoms. The van der Waals surface area contributed by atoms with E-state index in [1.807, 2.05) is 13.8 Å². The number of carbonyl (C=O) groups excluding carboxylic acids is 1. The van der Waals surface area contributed by atoms with Gasteiger partial charge in [-0.05, 0) is 27.7 Å². The number of nitrogens with one attached hydrogen (secondary N) is 1. The fourth-order valence-corrected chi connectivity index (χ4v) is 1.47. The zero-order chi connectivity index (χ0) is 14.6. The lowest BCUT2D eigenvalue weighted by atomic mass is 10.0. The summed E-state index contributed by atoms with van der Waals surface area (Å²) in [4.78, 5) is 22.9. The van der Waals surface area contributed by atoms with E-state index >= 15 is 0 Å². The molecule has 1 aromatic rings. The average Bonchev–Trinajstić information content (AvgIpc) is 2.10. The molecular formula is C11H20N6O2. The van der Waals surface area contributed by atoms with Gasteiger partial charge in [0.1, 0.15) is 0 Å². The number of amides is 1. The summed E-state index contributed by atoms with van der Waals surface area (Å²) in [6, 6.07) is 0.139. The highest BCUT2D eigenvalue weighted by atomic mass is 16.5. The number of anilines is 2. The molecule has 0 bridgehead atoms. The zero-order valence-corrected chi connectivity index (χ0v) is 11.6. The lowest BCUT2D eigenvalue weighted by Gasteiger charge is -2.24. The van der Waals surface area contributed by atoms with E-state index in [9.17, 15) is 4.79 Å². The van der Waals surface area contributed by atoms with Gasteiger partial charge in [-0.25, -0.2) is 0 Å². The number of carbonyl (C=O) groups is 1. The van der Waals surface area contributed by atoms with Gasteiger partial charge in [0.25, 0.3) is 0 Å². The van der Waals surface area contributed by atoms with Crippen molar-refractivity contribution in [2.45, 2.75) is 45.8 Å². The first kappa shape index (κ1) is 14.9. The molecule has 1 rings (SSSR count). The van der Waals surface area contributed by atoms with E-state index in [0.29, 0.717) is 0 Å².